The summed E-state index contributed by atoms with van der Waals surface area (Å²) in [5.41, 5.74) is -0.738. The summed E-state index contributed by atoms with van der Waals surface area (Å²) in [5, 5.41) is 41.9. The first-order valence-corrected chi connectivity index (χ1v) is 9.61. The van der Waals surface area contributed by atoms with E-state index in [4.69, 9.17) is 6.42 Å². The van der Waals surface area contributed by atoms with Crippen molar-refractivity contribution < 1.29 is 20.4 Å². The van der Waals surface area contributed by atoms with Gasteiger partial charge in [-0.1, -0.05) is 31.4 Å². The highest BCUT2D eigenvalue weighted by molar-refractivity contribution is 5.31. The molecule has 3 saturated carbocycles. The van der Waals surface area contributed by atoms with E-state index in [2.05, 4.69) is 18.9 Å². The standard InChI is InChI=1S/C21H30O4/c1-4-21(25)18(24)10-15-13-6-5-12-9-16(22)17(23)11-19(12,2)14(13)7-8-20(15,21)3/h1,5,13-18,22-25H,6-11H2,2-3H3/t13-,14+,15+,16+,17-,18-,19+,20+,21-/m1/s1. The number of allylic oxidation sites excluding steroid dienone is 1. The lowest BCUT2D eigenvalue weighted by molar-refractivity contribution is -0.125. The van der Waals surface area contributed by atoms with Gasteiger partial charge in [-0.25, -0.2) is 0 Å². The van der Waals surface area contributed by atoms with Crippen LogP contribution in [0.2, 0.25) is 0 Å². The van der Waals surface area contributed by atoms with Crippen molar-refractivity contribution in [1.29, 1.82) is 0 Å². The molecule has 0 radical (unpaired) electrons. The van der Waals surface area contributed by atoms with Crippen molar-refractivity contribution in [2.75, 3.05) is 0 Å². The molecule has 0 unspecified atom stereocenters. The number of fused-ring (bicyclic) bond motifs is 5. The van der Waals surface area contributed by atoms with Crippen LogP contribution >= 0.6 is 0 Å². The van der Waals surface area contributed by atoms with Crippen molar-refractivity contribution in [2.45, 2.75) is 76.3 Å². The molecule has 9 atom stereocenters. The molecule has 4 rings (SSSR count). The maximum absolute atomic E-state index is 11.0. The minimum absolute atomic E-state index is 0.106. The van der Waals surface area contributed by atoms with Gasteiger partial charge in [0.05, 0.1) is 18.3 Å². The Hall–Kier alpha value is -0.860. The zero-order valence-corrected chi connectivity index (χ0v) is 15.2. The summed E-state index contributed by atoms with van der Waals surface area (Å²) in [6.07, 6.45) is 10.0. The van der Waals surface area contributed by atoms with Crippen LogP contribution in [0, 0.1) is 40.9 Å². The number of aliphatic hydroxyl groups excluding tert-OH is 3. The fraction of sp³-hybridized carbons (Fsp3) is 0.810. The van der Waals surface area contributed by atoms with Crippen LogP contribution in [0.4, 0.5) is 0 Å². The van der Waals surface area contributed by atoms with E-state index >= 15 is 0 Å². The predicted molar refractivity (Wildman–Crippen MR) is 94.3 cm³/mol. The Morgan fingerprint density at radius 1 is 1.16 bits per heavy atom. The van der Waals surface area contributed by atoms with E-state index in [1.54, 1.807) is 0 Å². The van der Waals surface area contributed by atoms with Gasteiger partial charge in [0.25, 0.3) is 0 Å². The van der Waals surface area contributed by atoms with E-state index in [1.807, 2.05) is 6.92 Å². The van der Waals surface area contributed by atoms with Crippen LogP contribution in [0.3, 0.4) is 0 Å². The molecule has 4 N–H and O–H groups in total. The van der Waals surface area contributed by atoms with Crippen LogP contribution in [0.15, 0.2) is 11.6 Å². The van der Waals surface area contributed by atoms with E-state index in [0.717, 1.165) is 19.3 Å². The molecule has 138 valence electrons. The SMILES string of the molecule is C#C[C@@]1(O)[C@H](O)C[C@H]2[C@@H]3CC=C4C[C@H](O)[C@H](O)C[C@]4(C)[C@H]3CC[C@@]21C. The average Bonchev–Trinajstić information content (AvgIpc) is 2.77. The van der Waals surface area contributed by atoms with Crippen LogP contribution < -0.4 is 0 Å². The van der Waals surface area contributed by atoms with E-state index in [9.17, 15) is 20.4 Å². The van der Waals surface area contributed by atoms with Gasteiger partial charge in [0, 0.05) is 5.41 Å². The smallest absolute Gasteiger partial charge is 0.156 e. The maximum atomic E-state index is 11.0. The fourth-order valence-electron chi connectivity index (χ4n) is 6.97. The van der Waals surface area contributed by atoms with Gasteiger partial charge < -0.3 is 20.4 Å². The maximum Gasteiger partial charge on any atom is 0.156 e. The molecule has 0 bridgehead atoms. The van der Waals surface area contributed by atoms with Gasteiger partial charge in [-0.05, 0) is 61.7 Å². The molecule has 0 spiro atoms. The molecular weight excluding hydrogens is 316 g/mol. The molecule has 0 saturated heterocycles. The van der Waals surface area contributed by atoms with Gasteiger partial charge in [-0.3, -0.25) is 0 Å². The Balaban J connectivity index is 1.72. The monoisotopic (exact) mass is 346 g/mol. The first-order chi connectivity index (χ1) is 11.7. The minimum Gasteiger partial charge on any atom is -0.390 e. The normalized spacial score (nSPS) is 57.7. The van der Waals surface area contributed by atoms with E-state index < -0.39 is 29.3 Å². The average molecular weight is 346 g/mol. The summed E-state index contributed by atoms with van der Waals surface area (Å²) < 4.78 is 0. The quantitative estimate of drug-likeness (QED) is 0.397. The highest BCUT2D eigenvalue weighted by atomic mass is 16.3. The summed E-state index contributed by atoms with van der Waals surface area (Å²) in [7, 11) is 0. The van der Waals surface area contributed by atoms with Crippen molar-refractivity contribution >= 4 is 0 Å². The largest absolute Gasteiger partial charge is 0.390 e. The molecular formula is C21H30O4. The number of hydrogen-bond acceptors (Lipinski definition) is 4. The van der Waals surface area contributed by atoms with Crippen molar-refractivity contribution in [1.82, 2.24) is 0 Å². The van der Waals surface area contributed by atoms with Crippen molar-refractivity contribution in [3.63, 3.8) is 0 Å². The van der Waals surface area contributed by atoms with E-state index in [0.29, 0.717) is 31.1 Å². The summed E-state index contributed by atoms with van der Waals surface area (Å²) in [5.74, 6) is 3.46. The molecule has 4 aliphatic carbocycles. The minimum atomic E-state index is -1.45. The van der Waals surface area contributed by atoms with Gasteiger partial charge in [-0.2, -0.15) is 0 Å². The molecule has 4 nitrogen and oxygen atoms in total. The fourth-order valence-corrected chi connectivity index (χ4v) is 6.97. The molecule has 25 heavy (non-hydrogen) atoms. The molecule has 0 aromatic rings. The lowest BCUT2D eigenvalue weighted by Gasteiger charge is -2.58. The zero-order valence-electron chi connectivity index (χ0n) is 15.2. The summed E-state index contributed by atoms with van der Waals surface area (Å²) >= 11 is 0. The van der Waals surface area contributed by atoms with Crippen LogP contribution in [0.25, 0.3) is 0 Å². The molecule has 0 heterocycles. The predicted octanol–water partition coefficient (Wildman–Crippen LogP) is 1.62. The first-order valence-electron chi connectivity index (χ1n) is 9.61. The number of rotatable bonds is 0. The Labute approximate surface area is 150 Å². The Morgan fingerprint density at radius 3 is 2.56 bits per heavy atom. The highest BCUT2D eigenvalue weighted by Gasteiger charge is 2.67. The number of aliphatic hydroxyl groups is 4. The van der Waals surface area contributed by atoms with Gasteiger partial charge in [0.2, 0.25) is 0 Å². The molecule has 0 aromatic carbocycles. The third-order valence-corrected chi connectivity index (χ3v) is 8.57. The topological polar surface area (TPSA) is 80.9 Å². The Morgan fingerprint density at radius 2 is 1.88 bits per heavy atom. The second-order valence-corrected chi connectivity index (χ2v) is 9.42. The van der Waals surface area contributed by atoms with Crippen molar-refractivity contribution in [2.24, 2.45) is 28.6 Å². The van der Waals surface area contributed by atoms with Crippen LogP contribution in [-0.2, 0) is 0 Å². The second-order valence-electron chi connectivity index (χ2n) is 9.42. The molecule has 0 aliphatic heterocycles. The summed E-state index contributed by atoms with van der Waals surface area (Å²) in [6, 6.07) is 0. The van der Waals surface area contributed by atoms with Gasteiger partial charge >= 0.3 is 0 Å². The molecule has 3 fully saturated rings. The van der Waals surface area contributed by atoms with Crippen LogP contribution in [-0.4, -0.2) is 44.3 Å². The van der Waals surface area contributed by atoms with E-state index in [-0.39, 0.29) is 11.3 Å². The van der Waals surface area contributed by atoms with Crippen molar-refractivity contribution in [3.05, 3.63) is 11.6 Å². The zero-order chi connectivity index (χ0) is 18.2. The molecule has 4 aliphatic rings. The summed E-state index contributed by atoms with van der Waals surface area (Å²) in [4.78, 5) is 0. The lowest BCUT2D eigenvalue weighted by atomic mass is 9.47. The highest BCUT2D eigenvalue weighted by Crippen LogP contribution is 2.66. The van der Waals surface area contributed by atoms with Gasteiger partial charge in [0.1, 0.15) is 0 Å². The first kappa shape index (κ1) is 17.5. The third-order valence-electron chi connectivity index (χ3n) is 8.57. The Bertz CT molecular complexity index is 651. The third kappa shape index (κ3) is 2.04. The van der Waals surface area contributed by atoms with Gasteiger partial charge in [-0.15, -0.1) is 6.42 Å². The summed E-state index contributed by atoms with van der Waals surface area (Å²) in [6.45, 7) is 4.27. The Kier molecular flexibility index (Phi) is 3.74. The lowest BCUT2D eigenvalue weighted by Crippen LogP contribution is -2.56. The van der Waals surface area contributed by atoms with Crippen LogP contribution in [0.1, 0.15) is 52.4 Å². The molecule has 4 heteroatoms. The second kappa shape index (κ2) is 5.33. The van der Waals surface area contributed by atoms with E-state index in [1.165, 1.54) is 5.57 Å². The number of hydrogen-bond donors (Lipinski definition) is 4. The molecule has 0 amide bonds. The molecule has 0 aromatic heterocycles. The van der Waals surface area contributed by atoms with Crippen LogP contribution in [0.5, 0.6) is 0 Å². The van der Waals surface area contributed by atoms with Gasteiger partial charge in [0.15, 0.2) is 5.60 Å². The number of terminal acetylenes is 1. The van der Waals surface area contributed by atoms with Crippen molar-refractivity contribution in [3.8, 4) is 12.3 Å².